The first-order valence-electron chi connectivity index (χ1n) is 6.60. The highest BCUT2D eigenvalue weighted by Crippen LogP contribution is 2.27. The van der Waals surface area contributed by atoms with E-state index in [1.165, 1.54) is 18.3 Å². The van der Waals surface area contributed by atoms with Crippen molar-refractivity contribution >= 4 is 23.0 Å². The molecule has 1 aromatic heterocycles. The van der Waals surface area contributed by atoms with Gasteiger partial charge in [-0.3, -0.25) is 9.59 Å². The Morgan fingerprint density at radius 1 is 1.37 bits per heavy atom. The van der Waals surface area contributed by atoms with Crippen molar-refractivity contribution < 1.29 is 14.7 Å². The predicted octanol–water partition coefficient (Wildman–Crippen LogP) is 2.38. The molecule has 19 heavy (non-hydrogen) atoms. The number of hydrogen-bond acceptors (Lipinski definition) is 4. The van der Waals surface area contributed by atoms with Gasteiger partial charge in [0.25, 0.3) is 5.91 Å². The van der Waals surface area contributed by atoms with Gasteiger partial charge < -0.3 is 10.4 Å². The molecule has 1 saturated carbocycles. The van der Waals surface area contributed by atoms with Gasteiger partial charge in [-0.15, -0.1) is 11.3 Å². The third kappa shape index (κ3) is 3.64. The van der Waals surface area contributed by atoms with Gasteiger partial charge in [0, 0.05) is 17.5 Å². The number of nitrogens with one attached hydrogen (secondary N) is 1. The molecule has 0 aromatic carbocycles. The summed E-state index contributed by atoms with van der Waals surface area (Å²) in [7, 11) is 0. The summed E-state index contributed by atoms with van der Waals surface area (Å²) in [6.45, 7) is 1.77. The maximum absolute atomic E-state index is 11.9. The van der Waals surface area contributed by atoms with Crippen molar-refractivity contribution in [1.29, 1.82) is 0 Å². The van der Waals surface area contributed by atoms with Crippen LogP contribution in [0.1, 0.15) is 59.1 Å². The summed E-state index contributed by atoms with van der Waals surface area (Å²) in [5.74, 6) is -0.252. The van der Waals surface area contributed by atoms with Gasteiger partial charge in [-0.25, -0.2) is 0 Å². The lowest BCUT2D eigenvalue weighted by Gasteiger charge is -2.32. The molecule has 5 heteroatoms. The first kappa shape index (κ1) is 14.2. The second-order valence-electron chi connectivity index (χ2n) is 5.22. The largest absolute Gasteiger partial charge is 0.388 e. The Morgan fingerprint density at radius 2 is 2.05 bits per heavy atom. The molecule has 1 amide bonds. The van der Waals surface area contributed by atoms with E-state index in [2.05, 4.69) is 5.32 Å². The number of amides is 1. The molecule has 0 aliphatic heterocycles. The van der Waals surface area contributed by atoms with Gasteiger partial charge in [-0.1, -0.05) is 19.3 Å². The van der Waals surface area contributed by atoms with Crippen molar-refractivity contribution in [2.75, 3.05) is 6.54 Å². The third-order valence-electron chi connectivity index (χ3n) is 3.59. The van der Waals surface area contributed by atoms with Crippen LogP contribution < -0.4 is 5.32 Å². The Hall–Kier alpha value is -1.20. The van der Waals surface area contributed by atoms with E-state index < -0.39 is 5.60 Å². The van der Waals surface area contributed by atoms with Gasteiger partial charge in [0.2, 0.25) is 0 Å². The molecule has 2 N–H and O–H groups in total. The summed E-state index contributed by atoms with van der Waals surface area (Å²) in [6, 6.07) is 1.60. The number of carbonyl (C=O) groups excluding carboxylic acids is 2. The highest BCUT2D eigenvalue weighted by Gasteiger charge is 2.29. The maximum Gasteiger partial charge on any atom is 0.261 e. The average molecular weight is 281 g/mol. The van der Waals surface area contributed by atoms with Crippen LogP contribution in [0.4, 0.5) is 0 Å². The second-order valence-corrected chi connectivity index (χ2v) is 6.13. The molecule has 0 bridgehead atoms. The van der Waals surface area contributed by atoms with Gasteiger partial charge in [0.15, 0.2) is 5.78 Å². The zero-order valence-corrected chi connectivity index (χ0v) is 11.9. The van der Waals surface area contributed by atoms with Crippen molar-refractivity contribution in [1.82, 2.24) is 5.32 Å². The Labute approximate surface area is 116 Å². The maximum atomic E-state index is 11.9. The van der Waals surface area contributed by atoms with Crippen molar-refractivity contribution in [3.8, 4) is 0 Å². The van der Waals surface area contributed by atoms with Crippen molar-refractivity contribution in [2.45, 2.75) is 44.6 Å². The molecule has 2 rings (SSSR count). The van der Waals surface area contributed by atoms with E-state index in [1.807, 2.05) is 0 Å². The van der Waals surface area contributed by atoms with Crippen LogP contribution in [0.5, 0.6) is 0 Å². The molecule has 0 spiro atoms. The highest BCUT2D eigenvalue weighted by atomic mass is 32.1. The number of hydrogen-bond donors (Lipinski definition) is 2. The van der Waals surface area contributed by atoms with Crippen LogP contribution in [0.2, 0.25) is 0 Å². The summed E-state index contributed by atoms with van der Waals surface area (Å²) in [5.41, 5.74) is -0.194. The highest BCUT2D eigenvalue weighted by molar-refractivity contribution is 7.12. The number of aliphatic hydroxyl groups is 1. The van der Waals surface area contributed by atoms with E-state index in [-0.39, 0.29) is 11.7 Å². The van der Waals surface area contributed by atoms with Crippen LogP contribution in [0, 0.1) is 0 Å². The quantitative estimate of drug-likeness (QED) is 0.833. The van der Waals surface area contributed by atoms with E-state index in [0.717, 1.165) is 32.1 Å². The number of ketones is 1. The van der Waals surface area contributed by atoms with Crippen molar-refractivity contribution in [3.63, 3.8) is 0 Å². The minimum atomic E-state index is -0.755. The Bertz CT molecular complexity index is 475. The Kier molecular flexibility index (Phi) is 4.37. The van der Waals surface area contributed by atoms with Gasteiger partial charge in [-0.2, -0.15) is 0 Å². The van der Waals surface area contributed by atoms with E-state index >= 15 is 0 Å². The number of thiophene rings is 1. The van der Waals surface area contributed by atoms with E-state index in [0.29, 0.717) is 17.0 Å². The molecule has 0 atom stereocenters. The van der Waals surface area contributed by atoms with Crippen LogP contribution in [0.15, 0.2) is 11.4 Å². The fourth-order valence-electron chi connectivity index (χ4n) is 2.36. The zero-order valence-electron chi connectivity index (χ0n) is 11.1. The predicted molar refractivity (Wildman–Crippen MR) is 74.7 cm³/mol. The lowest BCUT2D eigenvalue weighted by molar-refractivity contribution is 0.00529. The molecule has 4 nitrogen and oxygen atoms in total. The molecular weight excluding hydrogens is 262 g/mol. The molecule has 1 aromatic rings. The fraction of sp³-hybridized carbons (Fsp3) is 0.571. The monoisotopic (exact) mass is 281 g/mol. The van der Waals surface area contributed by atoms with Crippen molar-refractivity contribution in [3.05, 3.63) is 21.9 Å². The van der Waals surface area contributed by atoms with E-state index in [1.54, 1.807) is 11.4 Å². The van der Waals surface area contributed by atoms with Crippen LogP contribution in [0.25, 0.3) is 0 Å². The Balaban J connectivity index is 1.91. The fourth-order valence-corrected chi connectivity index (χ4v) is 3.22. The summed E-state index contributed by atoms with van der Waals surface area (Å²) >= 11 is 1.26. The second kappa shape index (κ2) is 5.84. The minimum Gasteiger partial charge on any atom is -0.388 e. The average Bonchev–Trinajstić information content (AvgIpc) is 2.87. The number of carbonyl (C=O) groups is 2. The van der Waals surface area contributed by atoms with Gasteiger partial charge in [-0.05, 0) is 25.8 Å². The lowest BCUT2D eigenvalue weighted by atomic mass is 9.85. The normalized spacial score (nSPS) is 18.0. The van der Waals surface area contributed by atoms with Crippen LogP contribution in [-0.4, -0.2) is 28.9 Å². The summed E-state index contributed by atoms with van der Waals surface area (Å²) in [4.78, 5) is 23.6. The summed E-state index contributed by atoms with van der Waals surface area (Å²) in [5, 5.41) is 14.8. The van der Waals surface area contributed by atoms with Gasteiger partial charge in [0.05, 0.1) is 10.5 Å². The molecule has 1 aliphatic rings. The topological polar surface area (TPSA) is 66.4 Å². The smallest absolute Gasteiger partial charge is 0.261 e. The molecule has 0 unspecified atom stereocenters. The first-order chi connectivity index (χ1) is 9.00. The number of rotatable bonds is 4. The van der Waals surface area contributed by atoms with Crippen LogP contribution in [0.3, 0.4) is 0 Å². The number of Topliss-reactive ketones (excluding diaryl/α,β-unsaturated/α-hetero) is 1. The standard InChI is InChI=1S/C14H19NO3S/c1-10(16)11-7-12(19-8-11)13(17)15-9-14(18)5-3-2-4-6-14/h7-8,18H,2-6,9H2,1H3,(H,15,17). The molecular formula is C14H19NO3S. The molecule has 0 saturated heterocycles. The minimum absolute atomic E-state index is 0.0405. The van der Waals surface area contributed by atoms with Gasteiger partial charge >= 0.3 is 0 Å². The molecule has 0 radical (unpaired) electrons. The zero-order chi connectivity index (χ0) is 13.9. The molecule has 1 fully saturated rings. The third-order valence-corrected chi connectivity index (χ3v) is 4.52. The molecule has 1 aliphatic carbocycles. The summed E-state index contributed by atoms with van der Waals surface area (Å²) < 4.78 is 0. The summed E-state index contributed by atoms with van der Waals surface area (Å²) in [6.07, 6.45) is 4.68. The van der Waals surface area contributed by atoms with Crippen molar-refractivity contribution in [2.24, 2.45) is 0 Å². The van der Waals surface area contributed by atoms with Gasteiger partial charge in [0.1, 0.15) is 0 Å². The van der Waals surface area contributed by atoms with E-state index in [4.69, 9.17) is 0 Å². The SMILES string of the molecule is CC(=O)c1csc(C(=O)NCC2(O)CCCCC2)c1. The van der Waals surface area contributed by atoms with Crippen LogP contribution in [-0.2, 0) is 0 Å². The first-order valence-corrected chi connectivity index (χ1v) is 7.48. The lowest BCUT2D eigenvalue weighted by Crippen LogP contribution is -2.44. The van der Waals surface area contributed by atoms with E-state index in [9.17, 15) is 14.7 Å². The molecule has 104 valence electrons. The Morgan fingerprint density at radius 3 is 2.63 bits per heavy atom. The van der Waals surface area contributed by atoms with Crippen LogP contribution >= 0.6 is 11.3 Å². The molecule has 1 heterocycles.